The highest BCUT2D eigenvalue weighted by molar-refractivity contribution is 7.10. The maximum atomic E-state index is 13.3. The number of carbonyl (C=O) groups excluding carboxylic acids is 1. The van der Waals surface area contributed by atoms with Crippen molar-refractivity contribution in [2.45, 2.75) is 25.8 Å². The van der Waals surface area contributed by atoms with Gasteiger partial charge in [0.1, 0.15) is 0 Å². The second-order valence-corrected chi connectivity index (χ2v) is 8.50. The zero-order valence-electron chi connectivity index (χ0n) is 15.8. The molecule has 5 rings (SSSR count). The van der Waals surface area contributed by atoms with Crippen LogP contribution in [0.4, 0.5) is 0 Å². The molecule has 1 aliphatic rings. The molecule has 2 aromatic heterocycles. The summed E-state index contributed by atoms with van der Waals surface area (Å²) >= 11 is 1.65. The Morgan fingerprint density at radius 2 is 1.93 bits per heavy atom. The highest BCUT2D eigenvalue weighted by Gasteiger charge is 2.34. The SMILES string of the molecule is Cc1ccc([C@H]2c3[nH]c4ccccc4c3CCN2C(=O)Cc2cccs2)cc1. The van der Waals surface area contributed by atoms with Gasteiger partial charge in [0, 0.05) is 28.0 Å². The molecule has 4 heteroatoms. The Morgan fingerprint density at radius 3 is 2.71 bits per heavy atom. The number of aromatic nitrogens is 1. The average Bonchev–Trinajstić information content (AvgIpc) is 3.35. The molecule has 0 bridgehead atoms. The van der Waals surface area contributed by atoms with Crippen LogP contribution in [0, 0.1) is 6.92 Å². The van der Waals surface area contributed by atoms with Crippen molar-refractivity contribution in [2.24, 2.45) is 0 Å². The van der Waals surface area contributed by atoms with Crippen LogP contribution in [-0.2, 0) is 17.6 Å². The molecule has 0 fully saturated rings. The van der Waals surface area contributed by atoms with Gasteiger partial charge in [0.25, 0.3) is 0 Å². The van der Waals surface area contributed by atoms with Gasteiger partial charge in [-0.25, -0.2) is 0 Å². The highest BCUT2D eigenvalue weighted by Crippen LogP contribution is 2.38. The molecule has 140 valence electrons. The van der Waals surface area contributed by atoms with Gasteiger partial charge >= 0.3 is 0 Å². The van der Waals surface area contributed by atoms with E-state index in [1.807, 2.05) is 17.5 Å². The van der Waals surface area contributed by atoms with E-state index in [0.29, 0.717) is 6.42 Å². The molecule has 28 heavy (non-hydrogen) atoms. The molecule has 4 aromatic rings. The van der Waals surface area contributed by atoms with E-state index in [0.717, 1.165) is 34.6 Å². The second kappa shape index (κ2) is 6.95. The lowest BCUT2D eigenvalue weighted by atomic mass is 9.91. The van der Waals surface area contributed by atoms with Gasteiger partial charge in [0.05, 0.1) is 12.5 Å². The minimum absolute atomic E-state index is 0.0655. The van der Waals surface area contributed by atoms with Gasteiger partial charge < -0.3 is 9.88 Å². The summed E-state index contributed by atoms with van der Waals surface area (Å²) in [5, 5.41) is 3.31. The molecule has 1 amide bonds. The molecule has 0 saturated carbocycles. The van der Waals surface area contributed by atoms with Crippen molar-refractivity contribution in [3.8, 4) is 0 Å². The van der Waals surface area contributed by atoms with Crippen molar-refractivity contribution >= 4 is 28.1 Å². The standard InChI is InChI=1S/C24H22N2OS/c1-16-8-10-17(11-9-16)24-23-20(19-6-2-3-7-21(19)25-23)12-13-26(24)22(27)15-18-5-4-14-28-18/h2-11,14,24-25H,12-13,15H2,1H3/t24-/m0/s1. The summed E-state index contributed by atoms with van der Waals surface area (Å²) in [6, 6.07) is 21.0. The number of nitrogens with one attached hydrogen (secondary N) is 1. The Balaban J connectivity index is 1.60. The average molecular weight is 387 g/mol. The van der Waals surface area contributed by atoms with E-state index in [2.05, 4.69) is 65.3 Å². The third kappa shape index (κ3) is 2.94. The van der Waals surface area contributed by atoms with Crippen LogP contribution in [0.2, 0.25) is 0 Å². The third-order valence-corrected chi connectivity index (χ3v) is 6.53. The van der Waals surface area contributed by atoms with Crippen LogP contribution in [-0.4, -0.2) is 22.3 Å². The molecule has 2 aromatic carbocycles. The number of hydrogen-bond acceptors (Lipinski definition) is 2. The second-order valence-electron chi connectivity index (χ2n) is 7.47. The first-order chi connectivity index (χ1) is 13.7. The molecule has 3 heterocycles. The summed E-state index contributed by atoms with van der Waals surface area (Å²) in [6.45, 7) is 2.84. The zero-order valence-corrected chi connectivity index (χ0v) is 16.6. The van der Waals surface area contributed by atoms with Crippen molar-refractivity contribution < 1.29 is 4.79 Å². The summed E-state index contributed by atoms with van der Waals surface area (Å²) in [4.78, 5) is 20.1. The molecular formula is C24H22N2OS. The van der Waals surface area contributed by atoms with Crippen molar-refractivity contribution in [3.05, 3.63) is 93.3 Å². The van der Waals surface area contributed by atoms with Crippen molar-refractivity contribution in [1.29, 1.82) is 0 Å². The van der Waals surface area contributed by atoms with E-state index in [-0.39, 0.29) is 11.9 Å². The number of H-pyrrole nitrogens is 1. The number of hydrogen-bond donors (Lipinski definition) is 1. The first-order valence-electron chi connectivity index (χ1n) is 9.68. The molecule has 0 radical (unpaired) electrons. The number of nitrogens with zero attached hydrogens (tertiary/aromatic N) is 1. The van der Waals surface area contributed by atoms with E-state index in [4.69, 9.17) is 0 Å². The van der Waals surface area contributed by atoms with Crippen LogP contribution in [0.1, 0.15) is 33.3 Å². The van der Waals surface area contributed by atoms with Gasteiger partial charge in [-0.2, -0.15) is 0 Å². The Morgan fingerprint density at radius 1 is 1.11 bits per heavy atom. The van der Waals surface area contributed by atoms with Crippen LogP contribution in [0.5, 0.6) is 0 Å². The van der Waals surface area contributed by atoms with Gasteiger partial charge in [-0.1, -0.05) is 54.1 Å². The molecular weight excluding hydrogens is 364 g/mol. The molecule has 1 N–H and O–H groups in total. The number of benzene rings is 2. The number of thiophene rings is 1. The summed E-state index contributed by atoms with van der Waals surface area (Å²) in [5.74, 6) is 0.192. The lowest BCUT2D eigenvalue weighted by Crippen LogP contribution is -2.41. The number of aryl methyl sites for hydroxylation is 1. The van der Waals surface area contributed by atoms with E-state index >= 15 is 0 Å². The predicted octanol–water partition coefficient (Wildman–Crippen LogP) is 5.25. The topological polar surface area (TPSA) is 36.1 Å². The van der Waals surface area contributed by atoms with Crippen LogP contribution in [0.15, 0.2) is 66.0 Å². The Labute approximate surface area is 168 Å². The molecule has 1 aliphatic heterocycles. The van der Waals surface area contributed by atoms with Crippen LogP contribution < -0.4 is 0 Å². The van der Waals surface area contributed by atoms with Gasteiger partial charge in [-0.05, 0) is 42.0 Å². The van der Waals surface area contributed by atoms with Gasteiger partial charge in [0.2, 0.25) is 5.91 Å². The number of rotatable bonds is 3. The zero-order chi connectivity index (χ0) is 19.1. The monoisotopic (exact) mass is 386 g/mol. The Kier molecular flexibility index (Phi) is 4.29. The molecule has 1 atom stereocenters. The Bertz CT molecular complexity index is 1130. The van der Waals surface area contributed by atoms with E-state index in [9.17, 15) is 4.79 Å². The minimum Gasteiger partial charge on any atom is -0.356 e. The van der Waals surface area contributed by atoms with E-state index in [1.165, 1.54) is 16.5 Å². The van der Waals surface area contributed by atoms with Crippen molar-refractivity contribution in [1.82, 2.24) is 9.88 Å². The predicted molar refractivity (Wildman–Crippen MR) is 115 cm³/mol. The molecule has 0 spiro atoms. The van der Waals surface area contributed by atoms with E-state index < -0.39 is 0 Å². The third-order valence-electron chi connectivity index (χ3n) is 5.65. The maximum absolute atomic E-state index is 13.3. The summed E-state index contributed by atoms with van der Waals surface area (Å²) in [5.41, 5.74) is 6.06. The quantitative estimate of drug-likeness (QED) is 0.513. The fourth-order valence-electron chi connectivity index (χ4n) is 4.27. The number of fused-ring (bicyclic) bond motifs is 3. The number of para-hydroxylation sites is 1. The largest absolute Gasteiger partial charge is 0.356 e. The normalized spacial score (nSPS) is 16.3. The fraction of sp³-hybridized carbons (Fsp3) is 0.208. The fourth-order valence-corrected chi connectivity index (χ4v) is 4.96. The molecule has 0 saturated heterocycles. The smallest absolute Gasteiger partial charge is 0.228 e. The minimum atomic E-state index is -0.0655. The Hall–Kier alpha value is -2.85. The lowest BCUT2D eigenvalue weighted by Gasteiger charge is -2.36. The van der Waals surface area contributed by atoms with Crippen LogP contribution in [0.3, 0.4) is 0 Å². The van der Waals surface area contributed by atoms with E-state index in [1.54, 1.807) is 11.3 Å². The van der Waals surface area contributed by atoms with Gasteiger partial charge in [0.15, 0.2) is 0 Å². The molecule has 0 unspecified atom stereocenters. The highest BCUT2D eigenvalue weighted by atomic mass is 32.1. The summed E-state index contributed by atoms with van der Waals surface area (Å²) < 4.78 is 0. The molecule has 3 nitrogen and oxygen atoms in total. The van der Waals surface area contributed by atoms with Crippen molar-refractivity contribution in [3.63, 3.8) is 0 Å². The van der Waals surface area contributed by atoms with Crippen LogP contribution >= 0.6 is 11.3 Å². The van der Waals surface area contributed by atoms with Gasteiger partial charge in [-0.15, -0.1) is 11.3 Å². The number of carbonyl (C=O) groups is 1. The summed E-state index contributed by atoms with van der Waals surface area (Å²) in [7, 11) is 0. The van der Waals surface area contributed by atoms with Crippen molar-refractivity contribution in [2.75, 3.05) is 6.54 Å². The van der Waals surface area contributed by atoms with Crippen LogP contribution in [0.25, 0.3) is 10.9 Å². The van der Waals surface area contributed by atoms with Gasteiger partial charge in [-0.3, -0.25) is 4.79 Å². The first kappa shape index (κ1) is 17.3. The first-order valence-corrected chi connectivity index (χ1v) is 10.6. The molecule has 0 aliphatic carbocycles. The maximum Gasteiger partial charge on any atom is 0.228 e. The number of amides is 1. The summed E-state index contributed by atoms with van der Waals surface area (Å²) in [6.07, 6.45) is 1.35. The number of aromatic amines is 1. The lowest BCUT2D eigenvalue weighted by molar-refractivity contribution is -0.132.